The van der Waals surface area contributed by atoms with E-state index in [2.05, 4.69) is 6.58 Å². The fourth-order valence-corrected chi connectivity index (χ4v) is 2.13. The minimum atomic E-state index is -0.764. The molecule has 0 spiro atoms. The molecule has 1 aliphatic rings. The molecule has 0 bridgehead atoms. The second-order valence-electron chi connectivity index (χ2n) is 3.81. The molecule has 74 valence electrons. The van der Waals surface area contributed by atoms with Crippen LogP contribution in [-0.4, -0.2) is 17.1 Å². The van der Waals surface area contributed by atoms with Crippen molar-refractivity contribution in [2.45, 2.75) is 38.1 Å². The number of aliphatic carboxylic acids is 1. The van der Waals surface area contributed by atoms with Crippen molar-refractivity contribution in [1.29, 1.82) is 0 Å². The summed E-state index contributed by atoms with van der Waals surface area (Å²) in [5, 5.41) is 9.16. The number of hydrogen-bond donors (Lipinski definition) is 2. The Morgan fingerprint density at radius 2 is 2.38 bits per heavy atom. The average Bonchev–Trinajstić information content (AvgIpc) is 2.09. The molecule has 13 heavy (non-hydrogen) atoms. The van der Waals surface area contributed by atoms with Crippen LogP contribution in [0.4, 0.5) is 0 Å². The molecule has 0 saturated heterocycles. The smallest absolute Gasteiger partial charge is 0.311 e. The van der Waals surface area contributed by atoms with Crippen molar-refractivity contribution in [3.8, 4) is 0 Å². The predicted octanol–water partition coefficient (Wildman–Crippen LogP) is 1.53. The van der Waals surface area contributed by atoms with Gasteiger partial charge in [-0.25, -0.2) is 0 Å². The minimum Gasteiger partial charge on any atom is -0.481 e. The standard InChI is InChI=1S/C10H17NO2/c1-2-6-10(9(12)13)7-4-3-5-8(10)11/h2,8H,1,3-7,11H2,(H,12,13). The van der Waals surface area contributed by atoms with Gasteiger partial charge in [0.1, 0.15) is 0 Å². The van der Waals surface area contributed by atoms with Crippen LogP contribution in [0.5, 0.6) is 0 Å². The Morgan fingerprint density at radius 1 is 1.69 bits per heavy atom. The third kappa shape index (κ3) is 1.75. The van der Waals surface area contributed by atoms with Crippen molar-refractivity contribution in [2.24, 2.45) is 11.1 Å². The zero-order valence-corrected chi connectivity index (χ0v) is 7.83. The molecule has 1 aliphatic carbocycles. The van der Waals surface area contributed by atoms with Crippen LogP contribution in [-0.2, 0) is 4.79 Å². The van der Waals surface area contributed by atoms with E-state index in [-0.39, 0.29) is 6.04 Å². The van der Waals surface area contributed by atoms with Crippen LogP contribution < -0.4 is 5.73 Å². The molecule has 2 atom stereocenters. The number of carboxylic acid groups (broad SMARTS) is 1. The molecule has 0 radical (unpaired) electrons. The van der Waals surface area contributed by atoms with Gasteiger partial charge in [0.15, 0.2) is 0 Å². The van der Waals surface area contributed by atoms with Crippen LogP contribution in [0.1, 0.15) is 32.1 Å². The summed E-state index contributed by atoms with van der Waals surface area (Å²) in [6.45, 7) is 3.60. The number of allylic oxidation sites excluding steroid dienone is 1. The van der Waals surface area contributed by atoms with E-state index in [1.165, 1.54) is 0 Å². The topological polar surface area (TPSA) is 63.3 Å². The first-order valence-corrected chi connectivity index (χ1v) is 4.73. The Labute approximate surface area is 78.6 Å². The summed E-state index contributed by atoms with van der Waals surface area (Å²) in [6.07, 6.45) is 5.68. The molecule has 0 aromatic carbocycles. The van der Waals surface area contributed by atoms with Gasteiger partial charge in [0.05, 0.1) is 5.41 Å². The van der Waals surface area contributed by atoms with Crippen LogP contribution in [0.25, 0.3) is 0 Å². The van der Waals surface area contributed by atoms with Gasteiger partial charge in [-0.3, -0.25) is 4.79 Å². The van der Waals surface area contributed by atoms with Crippen LogP contribution in [0.2, 0.25) is 0 Å². The lowest BCUT2D eigenvalue weighted by Gasteiger charge is -2.38. The average molecular weight is 183 g/mol. The van der Waals surface area contributed by atoms with Gasteiger partial charge in [0, 0.05) is 6.04 Å². The fraction of sp³-hybridized carbons (Fsp3) is 0.700. The molecule has 3 N–H and O–H groups in total. The second kappa shape index (κ2) is 3.92. The maximum Gasteiger partial charge on any atom is 0.311 e. The molecule has 3 heteroatoms. The first-order chi connectivity index (χ1) is 6.13. The third-order valence-electron chi connectivity index (χ3n) is 3.03. The van der Waals surface area contributed by atoms with Gasteiger partial charge in [-0.05, 0) is 19.3 Å². The molecule has 0 amide bonds. The van der Waals surface area contributed by atoms with Crippen LogP contribution >= 0.6 is 0 Å². The van der Waals surface area contributed by atoms with E-state index in [4.69, 9.17) is 10.8 Å². The fourth-order valence-electron chi connectivity index (χ4n) is 2.13. The van der Waals surface area contributed by atoms with Crippen molar-refractivity contribution >= 4 is 5.97 Å². The van der Waals surface area contributed by atoms with Crippen molar-refractivity contribution in [3.63, 3.8) is 0 Å². The molecule has 1 fully saturated rings. The van der Waals surface area contributed by atoms with E-state index in [1.54, 1.807) is 6.08 Å². The second-order valence-corrected chi connectivity index (χ2v) is 3.81. The van der Waals surface area contributed by atoms with Crippen molar-refractivity contribution in [2.75, 3.05) is 0 Å². The van der Waals surface area contributed by atoms with E-state index >= 15 is 0 Å². The lowest BCUT2D eigenvalue weighted by atomic mass is 9.68. The number of carboxylic acids is 1. The Bertz CT molecular complexity index is 215. The molecule has 0 aromatic heterocycles. The maximum absolute atomic E-state index is 11.1. The highest BCUT2D eigenvalue weighted by Gasteiger charge is 2.44. The van der Waals surface area contributed by atoms with Crippen LogP contribution in [0, 0.1) is 5.41 Å². The molecule has 1 rings (SSSR count). The van der Waals surface area contributed by atoms with Crippen LogP contribution in [0.15, 0.2) is 12.7 Å². The highest BCUT2D eigenvalue weighted by Crippen LogP contribution is 2.38. The monoisotopic (exact) mass is 183 g/mol. The van der Waals surface area contributed by atoms with Gasteiger partial charge in [-0.2, -0.15) is 0 Å². The van der Waals surface area contributed by atoms with Gasteiger partial charge in [0.2, 0.25) is 0 Å². The van der Waals surface area contributed by atoms with E-state index in [0.717, 1.165) is 19.3 Å². The lowest BCUT2D eigenvalue weighted by molar-refractivity contribution is -0.152. The zero-order valence-electron chi connectivity index (χ0n) is 7.83. The van der Waals surface area contributed by atoms with E-state index < -0.39 is 11.4 Å². The Balaban J connectivity index is 2.85. The Morgan fingerprint density at radius 3 is 2.85 bits per heavy atom. The summed E-state index contributed by atoms with van der Waals surface area (Å²) in [5.41, 5.74) is 5.14. The first-order valence-electron chi connectivity index (χ1n) is 4.73. The zero-order chi connectivity index (χ0) is 9.90. The summed E-state index contributed by atoms with van der Waals surface area (Å²) in [6, 6.07) is -0.211. The summed E-state index contributed by atoms with van der Waals surface area (Å²) >= 11 is 0. The Hall–Kier alpha value is -0.830. The lowest BCUT2D eigenvalue weighted by Crippen LogP contribution is -2.49. The van der Waals surface area contributed by atoms with Crippen molar-refractivity contribution in [3.05, 3.63) is 12.7 Å². The van der Waals surface area contributed by atoms with Gasteiger partial charge < -0.3 is 10.8 Å². The van der Waals surface area contributed by atoms with Gasteiger partial charge in [-0.1, -0.05) is 18.9 Å². The van der Waals surface area contributed by atoms with E-state index in [0.29, 0.717) is 12.8 Å². The SMILES string of the molecule is C=CCC1(C(=O)O)CCCCC1N. The quantitative estimate of drug-likeness (QED) is 0.652. The number of rotatable bonds is 3. The van der Waals surface area contributed by atoms with Gasteiger partial charge >= 0.3 is 5.97 Å². The van der Waals surface area contributed by atoms with Gasteiger partial charge in [-0.15, -0.1) is 6.58 Å². The predicted molar refractivity (Wildman–Crippen MR) is 51.3 cm³/mol. The minimum absolute atomic E-state index is 0.211. The molecule has 0 heterocycles. The first kappa shape index (κ1) is 10.3. The summed E-state index contributed by atoms with van der Waals surface area (Å²) in [7, 11) is 0. The highest BCUT2D eigenvalue weighted by molar-refractivity contribution is 5.76. The third-order valence-corrected chi connectivity index (χ3v) is 3.03. The maximum atomic E-state index is 11.1. The molecular weight excluding hydrogens is 166 g/mol. The largest absolute Gasteiger partial charge is 0.481 e. The summed E-state index contributed by atoms with van der Waals surface area (Å²) in [5.74, 6) is -0.764. The molecule has 2 unspecified atom stereocenters. The van der Waals surface area contributed by atoms with E-state index in [9.17, 15) is 4.79 Å². The van der Waals surface area contributed by atoms with Crippen molar-refractivity contribution in [1.82, 2.24) is 0 Å². The normalized spacial score (nSPS) is 34.1. The highest BCUT2D eigenvalue weighted by atomic mass is 16.4. The Kier molecular flexibility index (Phi) is 3.09. The molecular formula is C10H17NO2. The molecule has 3 nitrogen and oxygen atoms in total. The summed E-state index contributed by atoms with van der Waals surface area (Å²) < 4.78 is 0. The molecule has 0 aliphatic heterocycles. The van der Waals surface area contributed by atoms with Crippen molar-refractivity contribution < 1.29 is 9.90 Å². The molecule has 1 saturated carbocycles. The number of nitrogens with two attached hydrogens (primary N) is 1. The number of hydrogen-bond acceptors (Lipinski definition) is 2. The number of carbonyl (C=O) groups is 1. The van der Waals surface area contributed by atoms with Gasteiger partial charge in [0.25, 0.3) is 0 Å². The molecule has 0 aromatic rings. The summed E-state index contributed by atoms with van der Waals surface area (Å²) in [4.78, 5) is 11.1. The van der Waals surface area contributed by atoms with E-state index in [1.807, 2.05) is 0 Å². The van der Waals surface area contributed by atoms with Crippen LogP contribution in [0.3, 0.4) is 0 Å².